The second-order valence-electron chi connectivity index (χ2n) is 5.61. The van der Waals surface area contributed by atoms with Gasteiger partial charge in [-0.05, 0) is 31.2 Å². The molecule has 21 heavy (non-hydrogen) atoms. The highest BCUT2D eigenvalue weighted by molar-refractivity contribution is 5.48. The lowest BCUT2D eigenvalue weighted by molar-refractivity contribution is -0.196. The second-order valence-corrected chi connectivity index (χ2v) is 5.61. The first-order valence-electron chi connectivity index (χ1n) is 7.91. The lowest BCUT2D eigenvalue weighted by atomic mass is 10.00. The summed E-state index contributed by atoms with van der Waals surface area (Å²) in [6.45, 7) is 3.05. The van der Waals surface area contributed by atoms with E-state index in [-0.39, 0.29) is 24.9 Å². The van der Waals surface area contributed by atoms with E-state index in [1.807, 2.05) is 18.2 Å². The number of hydrogen-bond donors (Lipinski definition) is 1. The van der Waals surface area contributed by atoms with Crippen LogP contribution in [0.15, 0.2) is 36.4 Å². The lowest BCUT2D eigenvalue weighted by Crippen LogP contribution is -2.31. The van der Waals surface area contributed by atoms with Crippen LogP contribution in [-0.4, -0.2) is 30.7 Å². The van der Waals surface area contributed by atoms with Crippen LogP contribution in [0, 0.1) is 5.92 Å². The molecule has 116 valence electrons. The highest BCUT2D eigenvalue weighted by Crippen LogP contribution is 2.21. The molecule has 0 amide bonds. The van der Waals surface area contributed by atoms with Crippen LogP contribution in [0.2, 0.25) is 0 Å². The van der Waals surface area contributed by atoms with Gasteiger partial charge in [0.1, 0.15) is 0 Å². The molecule has 2 rings (SSSR count). The van der Waals surface area contributed by atoms with Crippen molar-refractivity contribution in [3.05, 3.63) is 42.0 Å². The largest absolute Gasteiger partial charge is 0.396 e. The Labute approximate surface area is 127 Å². The van der Waals surface area contributed by atoms with Crippen molar-refractivity contribution in [1.82, 2.24) is 0 Å². The van der Waals surface area contributed by atoms with Crippen molar-refractivity contribution in [2.45, 2.75) is 45.0 Å². The maximum Gasteiger partial charge on any atom is 0.157 e. The Balaban J connectivity index is 1.91. The third kappa shape index (κ3) is 5.62. The summed E-state index contributed by atoms with van der Waals surface area (Å²) in [4.78, 5) is 0. The Morgan fingerprint density at radius 2 is 2.14 bits per heavy atom. The number of hydrogen-bond acceptors (Lipinski definition) is 3. The van der Waals surface area contributed by atoms with Gasteiger partial charge >= 0.3 is 0 Å². The number of benzene rings is 1. The van der Waals surface area contributed by atoms with Crippen LogP contribution in [0.25, 0.3) is 6.08 Å². The molecular formula is C18H26O3. The minimum absolute atomic E-state index is 0.00179. The zero-order chi connectivity index (χ0) is 14.9. The fourth-order valence-corrected chi connectivity index (χ4v) is 2.55. The summed E-state index contributed by atoms with van der Waals surface area (Å²) in [6, 6.07) is 10.2. The molecule has 0 aliphatic carbocycles. The van der Waals surface area contributed by atoms with Gasteiger partial charge in [0.05, 0.1) is 6.10 Å². The Hall–Kier alpha value is -1.16. The average Bonchev–Trinajstić information content (AvgIpc) is 2.54. The van der Waals surface area contributed by atoms with E-state index in [1.165, 1.54) is 5.56 Å². The first kappa shape index (κ1) is 16.2. The molecule has 1 aliphatic heterocycles. The quantitative estimate of drug-likeness (QED) is 0.833. The van der Waals surface area contributed by atoms with Gasteiger partial charge in [0.2, 0.25) is 0 Å². The van der Waals surface area contributed by atoms with E-state index < -0.39 is 0 Å². The molecule has 3 heteroatoms. The zero-order valence-corrected chi connectivity index (χ0v) is 12.8. The van der Waals surface area contributed by atoms with Crippen LogP contribution < -0.4 is 0 Å². The number of aliphatic hydroxyl groups is 1. The fraction of sp³-hybridized carbons (Fsp3) is 0.556. The molecule has 0 aromatic heterocycles. The molecular weight excluding hydrogens is 264 g/mol. The molecule has 3 atom stereocenters. The number of rotatable bonds is 7. The minimum atomic E-state index is -0.108. The molecule has 0 spiro atoms. The van der Waals surface area contributed by atoms with Gasteiger partial charge in [-0.2, -0.15) is 0 Å². The van der Waals surface area contributed by atoms with Crippen LogP contribution in [0.1, 0.15) is 38.2 Å². The molecule has 1 aromatic carbocycles. The monoisotopic (exact) mass is 290 g/mol. The van der Waals surface area contributed by atoms with Crippen LogP contribution in [-0.2, 0) is 9.47 Å². The highest BCUT2D eigenvalue weighted by Gasteiger charge is 2.22. The first-order chi connectivity index (χ1) is 10.3. The average molecular weight is 290 g/mol. The van der Waals surface area contributed by atoms with E-state index in [2.05, 4.69) is 31.2 Å². The van der Waals surface area contributed by atoms with Crippen molar-refractivity contribution < 1.29 is 14.6 Å². The number of aliphatic hydroxyl groups excluding tert-OH is 1. The summed E-state index contributed by atoms with van der Waals surface area (Å²) in [7, 11) is 0. The van der Waals surface area contributed by atoms with E-state index in [1.54, 1.807) is 0 Å². The maximum atomic E-state index is 9.26. The summed E-state index contributed by atoms with van der Waals surface area (Å²) < 4.78 is 11.7. The molecule has 1 aromatic rings. The SMILES string of the molecule is C[C@H](/C=C/c1ccccc1)[C@H](CCO)OC1CCCCO1. The van der Waals surface area contributed by atoms with Crippen LogP contribution in [0.3, 0.4) is 0 Å². The number of ether oxygens (including phenoxy) is 2. The summed E-state index contributed by atoms with van der Waals surface area (Å²) in [6.07, 6.45) is 8.02. The molecule has 1 unspecified atom stereocenters. The van der Waals surface area contributed by atoms with E-state index in [0.29, 0.717) is 6.42 Å². The highest BCUT2D eigenvalue weighted by atomic mass is 16.7. The Kier molecular flexibility index (Phi) is 6.93. The zero-order valence-electron chi connectivity index (χ0n) is 12.8. The van der Waals surface area contributed by atoms with E-state index in [4.69, 9.17) is 9.47 Å². The molecule has 0 bridgehead atoms. The van der Waals surface area contributed by atoms with Gasteiger partial charge < -0.3 is 14.6 Å². The summed E-state index contributed by atoms with van der Waals surface area (Å²) in [5.74, 6) is 0.239. The summed E-state index contributed by atoms with van der Waals surface area (Å²) in [5.41, 5.74) is 1.18. The maximum absolute atomic E-state index is 9.26. The first-order valence-corrected chi connectivity index (χ1v) is 7.91. The molecule has 0 saturated carbocycles. The predicted molar refractivity (Wildman–Crippen MR) is 84.8 cm³/mol. The molecule has 0 radical (unpaired) electrons. The molecule has 3 nitrogen and oxygen atoms in total. The minimum Gasteiger partial charge on any atom is -0.396 e. The van der Waals surface area contributed by atoms with Gasteiger partial charge in [0.15, 0.2) is 6.29 Å². The van der Waals surface area contributed by atoms with Crippen molar-refractivity contribution in [3.8, 4) is 0 Å². The van der Waals surface area contributed by atoms with Gasteiger partial charge in [-0.25, -0.2) is 0 Å². The Bertz CT molecular complexity index is 410. The van der Waals surface area contributed by atoms with Gasteiger partial charge in [-0.3, -0.25) is 0 Å². The van der Waals surface area contributed by atoms with Gasteiger partial charge in [-0.15, -0.1) is 0 Å². The third-order valence-electron chi connectivity index (χ3n) is 3.86. The van der Waals surface area contributed by atoms with Crippen molar-refractivity contribution in [2.24, 2.45) is 5.92 Å². The van der Waals surface area contributed by atoms with Crippen molar-refractivity contribution in [3.63, 3.8) is 0 Å². The van der Waals surface area contributed by atoms with Gasteiger partial charge in [0.25, 0.3) is 0 Å². The lowest BCUT2D eigenvalue weighted by Gasteiger charge is -2.29. The molecule has 1 aliphatic rings. The summed E-state index contributed by atoms with van der Waals surface area (Å²) >= 11 is 0. The third-order valence-corrected chi connectivity index (χ3v) is 3.86. The van der Waals surface area contributed by atoms with Crippen LogP contribution >= 0.6 is 0 Å². The molecule has 1 N–H and O–H groups in total. The van der Waals surface area contributed by atoms with Crippen LogP contribution in [0.4, 0.5) is 0 Å². The Morgan fingerprint density at radius 3 is 2.81 bits per heavy atom. The normalized spacial score (nSPS) is 22.3. The Morgan fingerprint density at radius 1 is 1.33 bits per heavy atom. The fourth-order valence-electron chi connectivity index (χ4n) is 2.55. The molecule has 1 saturated heterocycles. The van der Waals surface area contributed by atoms with Crippen molar-refractivity contribution >= 4 is 6.08 Å². The second kappa shape index (κ2) is 8.98. The van der Waals surface area contributed by atoms with Gasteiger partial charge in [0, 0.05) is 19.1 Å². The van der Waals surface area contributed by atoms with Crippen molar-refractivity contribution in [2.75, 3.05) is 13.2 Å². The van der Waals surface area contributed by atoms with E-state index in [0.717, 1.165) is 25.9 Å². The topological polar surface area (TPSA) is 38.7 Å². The standard InChI is InChI=1S/C18H26O3/c1-15(10-11-16-7-3-2-4-8-16)17(12-13-19)21-18-9-5-6-14-20-18/h2-4,7-8,10-11,15,17-19H,5-6,9,12-14H2,1H3/b11-10+/t15-,17+,18?/m1/s1. The molecule has 1 fully saturated rings. The van der Waals surface area contributed by atoms with Gasteiger partial charge in [-0.1, -0.05) is 49.4 Å². The summed E-state index contributed by atoms with van der Waals surface area (Å²) in [5, 5.41) is 9.26. The molecule has 1 heterocycles. The van der Waals surface area contributed by atoms with Crippen molar-refractivity contribution in [1.29, 1.82) is 0 Å². The predicted octanol–water partition coefficient (Wildman–Crippen LogP) is 3.63. The van der Waals surface area contributed by atoms with E-state index in [9.17, 15) is 5.11 Å². The van der Waals surface area contributed by atoms with Crippen LogP contribution in [0.5, 0.6) is 0 Å². The smallest absolute Gasteiger partial charge is 0.157 e. The van der Waals surface area contributed by atoms with E-state index >= 15 is 0 Å².